The molecule has 5 nitrogen and oxygen atoms in total. The Hall–Kier alpha value is -2.56. The highest BCUT2D eigenvalue weighted by atomic mass is 16.1. The number of nitrogens with zero attached hydrogens (tertiary/aromatic N) is 2. The maximum absolute atomic E-state index is 11.9. The molecular formula is C12H10N4O. The van der Waals surface area contributed by atoms with Crippen molar-refractivity contribution in [2.24, 2.45) is 0 Å². The standard InChI is InChI=1S/C12H10N4O/c13-8-3-5-9(6-4-8)16-10-2-1-7-14-11(10)15-12(16)17/h1-7H,13H2,(H,14,15,17). The summed E-state index contributed by atoms with van der Waals surface area (Å²) in [7, 11) is 0. The van der Waals surface area contributed by atoms with Crippen LogP contribution in [0, 0.1) is 0 Å². The number of hydrogen-bond donors (Lipinski definition) is 2. The highest BCUT2D eigenvalue weighted by Gasteiger charge is 2.08. The van der Waals surface area contributed by atoms with E-state index in [1.165, 1.54) is 0 Å². The number of fused-ring (bicyclic) bond motifs is 1. The lowest BCUT2D eigenvalue weighted by Crippen LogP contribution is -2.14. The lowest BCUT2D eigenvalue weighted by molar-refractivity contribution is 1.02. The van der Waals surface area contributed by atoms with E-state index in [9.17, 15) is 4.79 Å². The molecule has 0 aliphatic heterocycles. The van der Waals surface area contributed by atoms with Crippen molar-refractivity contribution in [3.8, 4) is 5.69 Å². The average Bonchev–Trinajstić information content (AvgIpc) is 2.66. The summed E-state index contributed by atoms with van der Waals surface area (Å²) in [6.07, 6.45) is 1.64. The van der Waals surface area contributed by atoms with Crippen LogP contribution < -0.4 is 11.4 Å². The van der Waals surface area contributed by atoms with Gasteiger partial charge in [-0.3, -0.25) is 9.55 Å². The number of nitrogen functional groups attached to an aromatic ring is 1. The Labute approximate surface area is 96.5 Å². The Bertz CT molecular complexity index is 724. The van der Waals surface area contributed by atoms with Gasteiger partial charge in [-0.05, 0) is 36.4 Å². The maximum atomic E-state index is 11.9. The smallest absolute Gasteiger partial charge is 0.332 e. The fourth-order valence-corrected chi connectivity index (χ4v) is 1.82. The van der Waals surface area contributed by atoms with E-state index in [4.69, 9.17) is 5.73 Å². The molecule has 0 saturated carbocycles. The molecule has 17 heavy (non-hydrogen) atoms. The van der Waals surface area contributed by atoms with Crippen molar-refractivity contribution in [3.63, 3.8) is 0 Å². The molecule has 2 aromatic heterocycles. The number of hydrogen-bond acceptors (Lipinski definition) is 3. The number of aromatic amines is 1. The second-order valence-electron chi connectivity index (χ2n) is 3.73. The van der Waals surface area contributed by atoms with Gasteiger partial charge >= 0.3 is 5.69 Å². The molecular weight excluding hydrogens is 216 g/mol. The Morgan fingerprint density at radius 3 is 2.71 bits per heavy atom. The number of imidazole rings is 1. The summed E-state index contributed by atoms with van der Waals surface area (Å²) in [4.78, 5) is 18.7. The Balaban J connectivity index is 2.33. The van der Waals surface area contributed by atoms with Crippen molar-refractivity contribution in [2.45, 2.75) is 0 Å². The Morgan fingerprint density at radius 2 is 1.94 bits per heavy atom. The van der Waals surface area contributed by atoms with E-state index in [-0.39, 0.29) is 5.69 Å². The van der Waals surface area contributed by atoms with Gasteiger partial charge in [0.25, 0.3) is 0 Å². The van der Waals surface area contributed by atoms with Crippen LogP contribution in [0.2, 0.25) is 0 Å². The average molecular weight is 226 g/mol. The van der Waals surface area contributed by atoms with Gasteiger partial charge in [-0.1, -0.05) is 0 Å². The van der Waals surface area contributed by atoms with Crippen molar-refractivity contribution in [2.75, 3.05) is 5.73 Å². The summed E-state index contributed by atoms with van der Waals surface area (Å²) in [6.45, 7) is 0. The van der Waals surface area contributed by atoms with Gasteiger partial charge in [0.05, 0.1) is 11.2 Å². The van der Waals surface area contributed by atoms with E-state index in [0.29, 0.717) is 11.3 Å². The number of anilines is 1. The van der Waals surface area contributed by atoms with Gasteiger partial charge in [-0.15, -0.1) is 0 Å². The van der Waals surface area contributed by atoms with E-state index in [2.05, 4.69) is 9.97 Å². The van der Waals surface area contributed by atoms with E-state index >= 15 is 0 Å². The van der Waals surface area contributed by atoms with E-state index in [1.54, 1.807) is 41.1 Å². The van der Waals surface area contributed by atoms with Crippen molar-refractivity contribution in [1.82, 2.24) is 14.5 Å². The number of benzene rings is 1. The second kappa shape index (κ2) is 3.48. The van der Waals surface area contributed by atoms with Crippen LogP contribution >= 0.6 is 0 Å². The van der Waals surface area contributed by atoms with Crippen LogP contribution in [0.1, 0.15) is 0 Å². The molecule has 0 fully saturated rings. The highest BCUT2D eigenvalue weighted by molar-refractivity contribution is 5.73. The summed E-state index contributed by atoms with van der Waals surface area (Å²) in [5, 5.41) is 0. The fourth-order valence-electron chi connectivity index (χ4n) is 1.82. The van der Waals surface area contributed by atoms with Crippen LogP contribution in [-0.2, 0) is 0 Å². The molecule has 0 aliphatic carbocycles. The first kappa shape index (κ1) is 9.65. The van der Waals surface area contributed by atoms with E-state index < -0.39 is 0 Å². The van der Waals surface area contributed by atoms with Crippen LogP contribution in [0.3, 0.4) is 0 Å². The zero-order chi connectivity index (χ0) is 11.8. The van der Waals surface area contributed by atoms with Crippen LogP contribution in [0.4, 0.5) is 5.69 Å². The Morgan fingerprint density at radius 1 is 1.18 bits per heavy atom. The van der Waals surface area contributed by atoms with Crippen LogP contribution in [-0.4, -0.2) is 14.5 Å². The first-order valence-electron chi connectivity index (χ1n) is 5.17. The Kier molecular flexibility index (Phi) is 1.98. The van der Waals surface area contributed by atoms with Gasteiger partial charge in [-0.25, -0.2) is 9.78 Å². The van der Waals surface area contributed by atoms with Gasteiger partial charge in [0.2, 0.25) is 0 Å². The SMILES string of the molecule is Nc1ccc(-n2c(=O)[nH]c3ncccc32)cc1. The number of rotatable bonds is 1. The van der Waals surface area contributed by atoms with Crippen molar-refractivity contribution in [3.05, 3.63) is 53.1 Å². The van der Waals surface area contributed by atoms with E-state index in [0.717, 1.165) is 11.2 Å². The second-order valence-corrected chi connectivity index (χ2v) is 3.73. The minimum absolute atomic E-state index is 0.205. The third kappa shape index (κ3) is 1.48. The zero-order valence-corrected chi connectivity index (χ0v) is 8.92. The summed E-state index contributed by atoms with van der Waals surface area (Å²) < 4.78 is 1.57. The maximum Gasteiger partial charge on any atom is 0.332 e. The zero-order valence-electron chi connectivity index (χ0n) is 8.92. The van der Waals surface area contributed by atoms with Crippen molar-refractivity contribution >= 4 is 16.9 Å². The summed E-state index contributed by atoms with van der Waals surface area (Å²) >= 11 is 0. The van der Waals surface area contributed by atoms with Gasteiger partial charge in [0.15, 0.2) is 5.65 Å². The molecule has 84 valence electrons. The molecule has 0 aliphatic rings. The monoisotopic (exact) mass is 226 g/mol. The molecule has 1 aromatic carbocycles. The minimum atomic E-state index is -0.205. The molecule has 0 unspecified atom stereocenters. The summed E-state index contributed by atoms with van der Waals surface area (Å²) in [5.41, 5.74) is 8.18. The molecule has 0 amide bonds. The first-order chi connectivity index (χ1) is 8.25. The molecule has 3 aromatic rings. The third-order valence-corrected chi connectivity index (χ3v) is 2.61. The van der Waals surface area contributed by atoms with Crippen LogP contribution in [0.5, 0.6) is 0 Å². The molecule has 0 saturated heterocycles. The van der Waals surface area contributed by atoms with Gasteiger partial charge in [0, 0.05) is 11.9 Å². The number of aromatic nitrogens is 3. The molecule has 3 rings (SSSR count). The molecule has 0 radical (unpaired) electrons. The number of nitrogens with two attached hydrogens (primary N) is 1. The molecule has 0 atom stereocenters. The molecule has 0 spiro atoms. The van der Waals surface area contributed by atoms with Gasteiger partial charge < -0.3 is 5.73 Å². The number of nitrogens with one attached hydrogen (secondary N) is 1. The van der Waals surface area contributed by atoms with Crippen LogP contribution in [0.25, 0.3) is 16.9 Å². The number of pyridine rings is 1. The highest BCUT2D eigenvalue weighted by Crippen LogP contribution is 2.14. The van der Waals surface area contributed by atoms with Gasteiger partial charge in [0.1, 0.15) is 0 Å². The normalized spacial score (nSPS) is 10.8. The largest absolute Gasteiger partial charge is 0.399 e. The lowest BCUT2D eigenvalue weighted by atomic mass is 10.3. The topological polar surface area (TPSA) is 76.7 Å². The first-order valence-corrected chi connectivity index (χ1v) is 5.17. The number of H-pyrrole nitrogens is 1. The predicted octanol–water partition coefficient (Wildman–Crippen LogP) is 1.30. The summed E-state index contributed by atoms with van der Waals surface area (Å²) in [5.74, 6) is 0. The summed E-state index contributed by atoms with van der Waals surface area (Å²) in [6, 6.07) is 10.8. The molecule has 2 heterocycles. The third-order valence-electron chi connectivity index (χ3n) is 2.61. The van der Waals surface area contributed by atoms with E-state index in [1.807, 2.05) is 6.07 Å². The lowest BCUT2D eigenvalue weighted by Gasteiger charge is -2.02. The van der Waals surface area contributed by atoms with Crippen molar-refractivity contribution in [1.29, 1.82) is 0 Å². The van der Waals surface area contributed by atoms with Crippen molar-refractivity contribution < 1.29 is 0 Å². The predicted molar refractivity (Wildman–Crippen MR) is 66.1 cm³/mol. The minimum Gasteiger partial charge on any atom is -0.399 e. The molecule has 0 bridgehead atoms. The molecule has 3 N–H and O–H groups in total. The fraction of sp³-hybridized carbons (Fsp3) is 0. The molecule has 5 heteroatoms. The van der Waals surface area contributed by atoms with Gasteiger partial charge in [-0.2, -0.15) is 0 Å². The van der Waals surface area contributed by atoms with Crippen LogP contribution in [0.15, 0.2) is 47.4 Å². The quantitative estimate of drug-likeness (QED) is 0.614.